The van der Waals surface area contributed by atoms with Crippen LogP contribution in [0.5, 0.6) is 5.88 Å². The molecule has 0 unspecified atom stereocenters. The fourth-order valence-corrected chi connectivity index (χ4v) is 4.14. The fraction of sp³-hybridized carbons (Fsp3) is 0.467. The third-order valence-electron chi connectivity index (χ3n) is 4.15. The molecule has 1 fully saturated rings. The monoisotopic (exact) mass is 336 g/mol. The van der Waals surface area contributed by atoms with Crippen LogP contribution in [0.1, 0.15) is 31.7 Å². The highest BCUT2D eigenvalue weighted by Gasteiger charge is 2.26. The van der Waals surface area contributed by atoms with Crippen molar-refractivity contribution in [1.29, 1.82) is 0 Å². The number of pyridine rings is 1. The van der Waals surface area contributed by atoms with Crippen molar-refractivity contribution in [2.75, 3.05) is 7.11 Å². The number of aromatic nitrogens is 3. The van der Waals surface area contributed by atoms with Crippen LogP contribution in [-0.4, -0.2) is 36.3 Å². The topological polar surface area (TPSA) is 86.1 Å². The molecule has 8 heteroatoms. The van der Waals surface area contributed by atoms with Gasteiger partial charge in [0.1, 0.15) is 4.90 Å². The van der Waals surface area contributed by atoms with E-state index in [0.717, 1.165) is 25.7 Å². The number of hydrogen-bond donors (Lipinski definition) is 1. The standard InChI is InChI=1S/C15H20N4O3S/c1-22-15-8-7-14(11-16-15)23(20,21)18-12-3-5-13(6-4-12)19-10-2-9-17-19/h2,7-13,18H,3-6H2,1H3. The molecule has 0 amide bonds. The van der Waals surface area contributed by atoms with Gasteiger partial charge >= 0.3 is 0 Å². The van der Waals surface area contributed by atoms with Gasteiger partial charge in [-0.2, -0.15) is 5.10 Å². The summed E-state index contributed by atoms with van der Waals surface area (Å²) in [6.07, 6.45) is 8.46. The first-order valence-corrected chi connectivity index (χ1v) is 9.08. The minimum absolute atomic E-state index is 0.0473. The average molecular weight is 336 g/mol. The zero-order valence-electron chi connectivity index (χ0n) is 12.9. The van der Waals surface area contributed by atoms with Crippen LogP contribution in [0.15, 0.2) is 41.7 Å². The molecule has 0 aromatic carbocycles. The maximum Gasteiger partial charge on any atom is 0.242 e. The minimum atomic E-state index is -3.55. The van der Waals surface area contributed by atoms with Crippen molar-refractivity contribution in [2.24, 2.45) is 0 Å². The quantitative estimate of drug-likeness (QED) is 0.899. The van der Waals surface area contributed by atoms with Crippen molar-refractivity contribution in [3.8, 4) is 5.88 Å². The van der Waals surface area contributed by atoms with Crippen molar-refractivity contribution in [3.05, 3.63) is 36.8 Å². The van der Waals surface area contributed by atoms with E-state index in [4.69, 9.17) is 4.74 Å². The van der Waals surface area contributed by atoms with Gasteiger partial charge in [0.15, 0.2) is 0 Å². The Morgan fingerprint density at radius 1 is 1.26 bits per heavy atom. The summed E-state index contributed by atoms with van der Waals surface area (Å²) >= 11 is 0. The van der Waals surface area contributed by atoms with Crippen molar-refractivity contribution in [3.63, 3.8) is 0 Å². The lowest BCUT2D eigenvalue weighted by Gasteiger charge is -2.29. The Hall–Kier alpha value is -1.93. The first-order chi connectivity index (χ1) is 11.1. The van der Waals surface area contributed by atoms with E-state index >= 15 is 0 Å². The average Bonchev–Trinajstić information content (AvgIpc) is 3.10. The molecule has 0 bridgehead atoms. The minimum Gasteiger partial charge on any atom is -0.481 e. The summed E-state index contributed by atoms with van der Waals surface area (Å²) in [5.41, 5.74) is 0. The SMILES string of the molecule is COc1ccc(S(=O)(=O)NC2CCC(n3cccn3)CC2)cn1. The Labute approximate surface area is 135 Å². The second-order valence-electron chi connectivity index (χ2n) is 5.65. The molecule has 0 atom stereocenters. The predicted molar refractivity (Wildman–Crippen MR) is 84.6 cm³/mol. The second kappa shape index (κ2) is 6.67. The van der Waals surface area contributed by atoms with Crippen LogP contribution < -0.4 is 9.46 Å². The summed E-state index contributed by atoms with van der Waals surface area (Å²) in [4.78, 5) is 4.11. The van der Waals surface area contributed by atoms with Crippen LogP contribution >= 0.6 is 0 Å². The van der Waals surface area contributed by atoms with Gasteiger partial charge < -0.3 is 4.74 Å². The Morgan fingerprint density at radius 3 is 2.61 bits per heavy atom. The predicted octanol–water partition coefficient (Wildman–Crippen LogP) is 1.75. The lowest BCUT2D eigenvalue weighted by atomic mass is 9.92. The normalized spacial score (nSPS) is 22.0. The van der Waals surface area contributed by atoms with Crippen molar-refractivity contribution >= 4 is 10.0 Å². The van der Waals surface area contributed by atoms with E-state index < -0.39 is 10.0 Å². The molecule has 23 heavy (non-hydrogen) atoms. The molecule has 1 saturated carbocycles. The summed E-state index contributed by atoms with van der Waals surface area (Å²) in [7, 11) is -2.05. The largest absolute Gasteiger partial charge is 0.481 e. The Balaban J connectivity index is 1.60. The van der Waals surface area contributed by atoms with Gasteiger partial charge in [0.25, 0.3) is 0 Å². The summed E-state index contributed by atoms with van der Waals surface area (Å²) < 4.78 is 34.5. The highest BCUT2D eigenvalue weighted by atomic mass is 32.2. The molecule has 0 radical (unpaired) electrons. The van der Waals surface area contributed by atoms with E-state index in [1.807, 2.05) is 16.9 Å². The molecular weight excluding hydrogens is 316 g/mol. The van der Waals surface area contributed by atoms with Gasteiger partial charge in [0, 0.05) is 24.5 Å². The third kappa shape index (κ3) is 3.70. The van der Waals surface area contributed by atoms with E-state index in [1.165, 1.54) is 19.4 Å². The second-order valence-corrected chi connectivity index (χ2v) is 7.36. The summed E-state index contributed by atoms with van der Waals surface area (Å²) in [6, 6.07) is 5.26. The fourth-order valence-electron chi connectivity index (χ4n) is 2.89. The van der Waals surface area contributed by atoms with Crippen LogP contribution in [0.4, 0.5) is 0 Å². The Bertz CT molecular complexity index is 721. The van der Waals surface area contributed by atoms with Gasteiger partial charge in [-0.15, -0.1) is 0 Å². The number of nitrogens with zero attached hydrogens (tertiary/aromatic N) is 3. The Morgan fingerprint density at radius 2 is 2.04 bits per heavy atom. The molecule has 2 aromatic heterocycles. The van der Waals surface area contributed by atoms with Crippen molar-refractivity contribution in [2.45, 2.75) is 42.7 Å². The molecule has 1 N–H and O–H groups in total. The highest BCUT2D eigenvalue weighted by molar-refractivity contribution is 7.89. The van der Waals surface area contributed by atoms with Crippen LogP contribution in [0.25, 0.3) is 0 Å². The summed E-state index contributed by atoms with van der Waals surface area (Å²) in [5.74, 6) is 0.392. The molecule has 0 aliphatic heterocycles. The Kier molecular flexibility index (Phi) is 4.63. The number of nitrogens with one attached hydrogen (secondary N) is 1. The molecule has 0 saturated heterocycles. The van der Waals surface area contributed by atoms with Gasteiger partial charge in [-0.3, -0.25) is 4.68 Å². The van der Waals surface area contributed by atoms with Gasteiger partial charge in [0.2, 0.25) is 15.9 Å². The van der Waals surface area contributed by atoms with Crippen LogP contribution in [0.3, 0.4) is 0 Å². The number of ether oxygens (including phenoxy) is 1. The summed E-state index contributed by atoms with van der Waals surface area (Å²) in [6.45, 7) is 0. The number of hydrogen-bond acceptors (Lipinski definition) is 5. The van der Waals surface area contributed by atoms with E-state index in [2.05, 4.69) is 14.8 Å². The van der Waals surface area contributed by atoms with Crippen molar-refractivity contribution < 1.29 is 13.2 Å². The maximum absolute atomic E-state index is 12.4. The number of methoxy groups -OCH3 is 1. The van der Waals surface area contributed by atoms with E-state index in [9.17, 15) is 8.42 Å². The zero-order valence-corrected chi connectivity index (χ0v) is 13.7. The molecule has 2 aromatic rings. The number of rotatable bonds is 5. The molecule has 1 aliphatic carbocycles. The van der Waals surface area contributed by atoms with Gasteiger partial charge in [0.05, 0.1) is 19.3 Å². The lowest BCUT2D eigenvalue weighted by molar-refractivity contribution is 0.293. The van der Waals surface area contributed by atoms with E-state index in [0.29, 0.717) is 11.9 Å². The van der Waals surface area contributed by atoms with Crippen LogP contribution in [0, 0.1) is 0 Å². The number of sulfonamides is 1. The molecule has 3 rings (SSSR count). The van der Waals surface area contributed by atoms with Gasteiger partial charge in [-0.1, -0.05) is 0 Å². The smallest absolute Gasteiger partial charge is 0.242 e. The molecule has 1 aliphatic rings. The van der Waals surface area contributed by atoms with E-state index in [1.54, 1.807) is 12.3 Å². The molecule has 2 heterocycles. The first-order valence-electron chi connectivity index (χ1n) is 7.60. The molecular formula is C15H20N4O3S. The lowest BCUT2D eigenvalue weighted by Crippen LogP contribution is -2.38. The maximum atomic E-state index is 12.4. The van der Waals surface area contributed by atoms with Crippen LogP contribution in [-0.2, 0) is 10.0 Å². The zero-order chi connectivity index (χ0) is 16.3. The molecule has 0 spiro atoms. The van der Waals surface area contributed by atoms with Crippen LogP contribution in [0.2, 0.25) is 0 Å². The van der Waals surface area contributed by atoms with E-state index in [-0.39, 0.29) is 10.9 Å². The molecule has 7 nitrogen and oxygen atoms in total. The van der Waals surface area contributed by atoms with Gasteiger partial charge in [-0.05, 0) is 37.8 Å². The first kappa shape index (κ1) is 15.9. The molecule has 124 valence electrons. The van der Waals surface area contributed by atoms with Gasteiger partial charge in [-0.25, -0.2) is 18.1 Å². The van der Waals surface area contributed by atoms with Crippen molar-refractivity contribution in [1.82, 2.24) is 19.5 Å². The highest BCUT2D eigenvalue weighted by Crippen LogP contribution is 2.28. The summed E-state index contributed by atoms with van der Waals surface area (Å²) in [5, 5.41) is 4.26. The third-order valence-corrected chi connectivity index (χ3v) is 5.65.